The minimum Gasteiger partial charge on any atom is -0.762 e. The molecule has 0 spiro atoms. The topological polar surface area (TPSA) is 59.9 Å². The van der Waals surface area contributed by atoms with Gasteiger partial charge in [0.25, 0.3) is 0 Å². The maximum absolute atomic E-state index is 11.6. The van der Waals surface area contributed by atoms with Gasteiger partial charge in [0.15, 0.2) is 6.73 Å². The summed E-state index contributed by atoms with van der Waals surface area (Å²) >= 11 is 0. The van der Waals surface area contributed by atoms with Gasteiger partial charge in [-0.3, -0.25) is 10.1 Å². The van der Waals surface area contributed by atoms with Crippen LogP contribution >= 0.6 is 0 Å². The van der Waals surface area contributed by atoms with Crippen LogP contribution in [0.3, 0.4) is 0 Å². The highest BCUT2D eigenvalue weighted by molar-refractivity contribution is 5.54. The van der Waals surface area contributed by atoms with Gasteiger partial charge in [-0.1, -0.05) is 24.3 Å². The van der Waals surface area contributed by atoms with Gasteiger partial charge in [-0.25, -0.2) is 4.99 Å². The van der Waals surface area contributed by atoms with Gasteiger partial charge < -0.3 is 10.5 Å². The molecule has 1 N–H and O–H groups in total. The van der Waals surface area contributed by atoms with E-state index in [1.807, 2.05) is 6.08 Å². The lowest BCUT2D eigenvalue weighted by molar-refractivity contribution is -0.147. The van der Waals surface area contributed by atoms with Gasteiger partial charge in [0, 0.05) is 12.1 Å². The number of nitrogens with one attached hydrogen (secondary N) is 1. The molecule has 2 rings (SSSR count). The van der Waals surface area contributed by atoms with Crippen LogP contribution in [-0.4, -0.2) is 30.4 Å². The molecule has 0 aliphatic heterocycles. The average molecular weight is 264 g/mol. The van der Waals surface area contributed by atoms with Crippen LogP contribution in [0.15, 0.2) is 29.3 Å². The first-order chi connectivity index (χ1) is 9.36. The fourth-order valence-corrected chi connectivity index (χ4v) is 2.31. The molecule has 2 atom stereocenters. The summed E-state index contributed by atoms with van der Waals surface area (Å²) in [7, 11) is 0. The van der Waals surface area contributed by atoms with Crippen LogP contribution in [0.25, 0.3) is 0 Å². The lowest BCUT2D eigenvalue weighted by Crippen LogP contribution is -2.31. The summed E-state index contributed by atoms with van der Waals surface area (Å²) in [6, 6.07) is 0.400. The van der Waals surface area contributed by atoms with E-state index in [1.165, 1.54) is 0 Å². The number of nitrogens with zero attached hydrogens (tertiary/aromatic N) is 2. The molecule has 5 nitrogen and oxygen atoms in total. The van der Waals surface area contributed by atoms with Gasteiger partial charge >= 0.3 is 0 Å². The van der Waals surface area contributed by atoms with Crippen molar-refractivity contribution < 1.29 is 4.84 Å². The van der Waals surface area contributed by atoms with E-state index in [1.54, 1.807) is 6.34 Å². The summed E-state index contributed by atoms with van der Waals surface area (Å²) in [5.74, 6) is 0. The van der Waals surface area contributed by atoms with Crippen LogP contribution in [-0.2, 0) is 4.84 Å². The summed E-state index contributed by atoms with van der Waals surface area (Å²) in [6.45, 7) is 0.0826. The fourth-order valence-electron chi connectivity index (χ4n) is 2.31. The number of hydroxylamine groups is 2. The molecular weight excluding hydrogens is 242 g/mol. The Bertz CT molecular complexity index is 342. The van der Waals surface area contributed by atoms with Gasteiger partial charge in [-0.2, -0.15) is 0 Å². The van der Waals surface area contributed by atoms with Crippen LogP contribution in [0, 0.1) is 5.21 Å². The zero-order valence-electron chi connectivity index (χ0n) is 11.2. The molecule has 0 aromatic rings. The Morgan fingerprint density at radius 2 is 2.00 bits per heavy atom. The Labute approximate surface area is 114 Å². The summed E-state index contributed by atoms with van der Waals surface area (Å²) in [6.07, 6.45) is 16.0. The van der Waals surface area contributed by atoms with E-state index in [0.717, 1.165) is 38.5 Å². The van der Waals surface area contributed by atoms with Crippen LogP contribution in [0.1, 0.15) is 38.5 Å². The van der Waals surface area contributed by atoms with Crippen molar-refractivity contribution in [3.63, 3.8) is 0 Å². The first-order valence-corrected chi connectivity index (χ1v) is 7.00. The van der Waals surface area contributed by atoms with Gasteiger partial charge in [0.2, 0.25) is 0 Å². The number of allylic oxidation sites excluding steroid dienone is 2. The van der Waals surface area contributed by atoms with Crippen LogP contribution in [0.5, 0.6) is 0 Å². The maximum atomic E-state index is 11.6. The zero-order chi connectivity index (χ0) is 13.3. The largest absolute Gasteiger partial charge is 0.762 e. The Morgan fingerprint density at radius 1 is 1.21 bits per heavy atom. The molecule has 0 fully saturated rings. The first-order valence-electron chi connectivity index (χ1n) is 7.00. The van der Waals surface area contributed by atoms with Crippen molar-refractivity contribution in [3.05, 3.63) is 29.5 Å². The Kier molecular flexibility index (Phi) is 6.07. The van der Waals surface area contributed by atoms with Crippen LogP contribution in [0.4, 0.5) is 0 Å². The van der Waals surface area contributed by atoms with Crippen molar-refractivity contribution in [1.82, 2.24) is 10.5 Å². The van der Waals surface area contributed by atoms with Crippen LogP contribution < -0.4 is 5.32 Å². The Hall–Kier alpha value is -1.17. The molecule has 2 aliphatic rings. The van der Waals surface area contributed by atoms with Crippen molar-refractivity contribution in [1.29, 1.82) is 0 Å². The molecule has 19 heavy (non-hydrogen) atoms. The second kappa shape index (κ2) is 8.09. The second-order valence-corrected chi connectivity index (χ2v) is 4.94. The zero-order valence-corrected chi connectivity index (χ0v) is 11.2. The highest BCUT2D eigenvalue weighted by Crippen LogP contribution is 2.16. The molecule has 0 radical (unpaired) electrons. The number of aliphatic imine (C=N–C) groups is 1. The summed E-state index contributed by atoms with van der Waals surface area (Å²) in [4.78, 5) is 9.12. The molecule has 0 aromatic heterocycles. The number of hydrogen-bond acceptors (Lipinski definition) is 4. The second-order valence-electron chi connectivity index (χ2n) is 4.94. The highest BCUT2D eigenvalue weighted by Gasteiger charge is 2.11. The lowest BCUT2D eigenvalue weighted by atomic mass is 10.0. The van der Waals surface area contributed by atoms with E-state index in [4.69, 9.17) is 4.84 Å². The minimum absolute atomic E-state index is 0.0587. The summed E-state index contributed by atoms with van der Waals surface area (Å²) < 4.78 is 0. The first kappa shape index (κ1) is 14.2. The molecule has 0 amide bonds. The lowest BCUT2D eigenvalue weighted by Gasteiger charge is -2.35. The molecule has 0 aromatic carbocycles. The third kappa shape index (κ3) is 5.14. The fraction of sp³-hybridized carbons (Fsp3) is 0.643. The SMILES string of the molecule is [O-]N(OCN=CNC1CC=CCC1)C1CC=CCC1. The van der Waals surface area contributed by atoms with E-state index in [9.17, 15) is 5.21 Å². The van der Waals surface area contributed by atoms with Crippen molar-refractivity contribution in [2.24, 2.45) is 4.99 Å². The third-order valence-corrected chi connectivity index (χ3v) is 3.47. The van der Waals surface area contributed by atoms with E-state index in [0.29, 0.717) is 11.3 Å². The monoisotopic (exact) mass is 264 g/mol. The summed E-state index contributed by atoms with van der Waals surface area (Å²) in [5.41, 5.74) is 0. The average Bonchev–Trinajstić information content (AvgIpc) is 2.49. The predicted molar refractivity (Wildman–Crippen MR) is 76.3 cm³/mol. The van der Waals surface area contributed by atoms with E-state index in [2.05, 4.69) is 28.5 Å². The summed E-state index contributed by atoms with van der Waals surface area (Å²) in [5, 5.41) is 15.5. The van der Waals surface area contributed by atoms with Gasteiger partial charge in [0.1, 0.15) is 0 Å². The minimum atomic E-state index is -0.0587. The molecule has 0 saturated heterocycles. The maximum Gasteiger partial charge on any atom is 0.159 e. The molecule has 2 aliphatic carbocycles. The molecular formula is C14H22N3O2-. The molecule has 5 heteroatoms. The number of hydrogen-bond donors (Lipinski definition) is 1. The molecule has 2 unspecified atom stereocenters. The smallest absolute Gasteiger partial charge is 0.159 e. The van der Waals surface area contributed by atoms with E-state index < -0.39 is 0 Å². The van der Waals surface area contributed by atoms with Gasteiger partial charge in [0.05, 0.1) is 6.34 Å². The van der Waals surface area contributed by atoms with Gasteiger partial charge in [-0.05, 0) is 38.5 Å². The number of rotatable bonds is 6. The van der Waals surface area contributed by atoms with Crippen molar-refractivity contribution in [2.45, 2.75) is 50.6 Å². The van der Waals surface area contributed by atoms with E-state index in [-0.39, 0.29) is 12.8 Å². The molecule has 0 saturated carbocycles. The van der Waals surface area contributed by atoms with E-state index >= 15 is 0 Å². The highest BCUT2D eigenvalue weighted by atomic mass is 16.9. The van der Waals surface area contributed by atoms with Crippen molar-refractivity contribution in [3.8, 4) is 0 Å². The molecule has 0 bridgehead atoms. The van der Waals surface area contributed by atoms with Crippen molar-refractivity contribution in [2.75, 3.05) is 6.73 Å². The van der Waals surface area contributed by atoms with Gasteiger partial charge in [-0.15, -0.1) is 0 Å². The normalized spacial score (nSPS) is 27.3. The third-order valence-electron chi connectivity index (χ3n) is 3.47. The molecule has 0 heterocycles. The van der Waals surface area contributed by atoms with Crippen LogP contribution in [0.2, 0.25) is 0 Å². The Morgan fingerprint density at radius 3 is 2.68 bits per heavy atom. The Balaban J connectivity index is 1.57. The van der Waals surface area contributed by atoms with Crippen molar-refractivity contribution >= 4 is 6.34 Å². The standard InChI is InChI=1S/C14H22N3O2/c18-17(14-9-5-2-6-10-14)19-12-15-11-16-13-7-3-1-4-8-13/h1-3,5,11,13-14H,4,6-10,12H2,(H,15,16)/q-1. The quantitative estimate of drug-likeness (QED) is 0.346. The predicted octanol–water partition coefficient (Wildman–Crippen LogP) is 2.51. The molecule has 106 valence electrons.